The van der Waals surface area contributed by atoms with E-state index in [9.17, 15) is 15.0 Å². The highest BCUT2D eigenvalue weighted by Crippen LogP contribution is 2.38. The van der Waals surface area contributed by atoms with Crippen LogP contribution in [-0.4, -0.2) is 30.4 Å². The van der Waals surface area contributed by atoms with Crippen molar-refractivity contribution in [3.05, 3.63) is 42.0 Å². The van der Waals surface area contributed by atoms with Crippen molar-refractivity contribution < 1.29 is 24.5 Å². The quantitative estimate of drug-likeness (QED) is 0.725. The average Bonchev–Trinajstić information content (AvgIpc) is 2.52. The topological polar surface area (TPSA) is 76.0 Å². The summed E-state index contributed by atoms with van der Waals surface area (Å²) in [5, 5.41) is 21.9. The number of aromatic hydroxyl groups is 1. The van der Waals surface area contributed by atoms with Crippen LogP contribution in [0, 0.1) is 0 Å². The Morgan fingerprint density at radius 3 is 2.23 bits per heavy atom. The van der Waals surface area contributed by atoms with Gasteiger partial charge in [-0.15, -0.1) is 0 Å². The molecule has 5 nitrogen and oxygen atoms in total. The second-order valence-electron chi connectivity index (χ2n) is 4.89. The summed E-state index contributed by atoms with van der Waals surface area (Å²) in [6.45, 7) is 0. The van der Waals surface area contributed by atoms with Gasteiger partial charge in [0.1, 0.15) is 5.75 Å². The predicted octanol–water partition coefficient (Wildman–Crippen LogP) is 3.41. The molecule has 0 spiro atoms. The average molecular weight is 298 g/mol. The minimum absolute atomic E-state index is 0.0751. The lowest BCUT2D eigenvalue weighted by atomic mass is 9.96. The van der Waals surface area contributed by atoms with Crippen molar-refractivity contribution in [3.63, 3.8) is 0 Å². The highest BCUT2D eigenvalue weighted by molar-refractivity contribution is 6.16. The van der Waals surface area contributed by atoms with Gasteiger partial charge in [-0.25, -0.2) is 4.79 Å². The van der Waals surface area contributed by atoms with Gasteiger partial charge in [-0.2, -0.15) is 0 Å². The molecule has 0 aliphatic heterocycles. The zero-order chi connectivity index (χ0) is 15.9. The SMILES string of the molecule is COc1cc2cc(C(=O)O)c3ccc(O)cc3c2cc1OC. The minimum Gasteiger partial charge on any atom is -0.508 e. The summed E-state index contributed by atoms with van der Waals surface area (Å²) in [6.07, 6.45) is 0. The first-order valence-corrected chi connectivity index (χ1v) is 6.60. The maximum Gasteiger partial charge on any atom is 0.336 e. The Balaban J connectivity index is 2.51. The van der Waals surface area contributed by atoms with Crippen molar-refractivity contribution in [1.29, 1.82) is 0 Å². The van der Waals surface area contributed by atoms with Crippen LogP contribution in [0.25, 0.3) is 21.5 Å². The number of rotatable bonds is 3. The molecule has 0 aliphatic rings. The zero-order valence-electron chi connectivity index (χ0n) is 12.1. The lowest BCUT2D eigenvalue weighted by Gasteiger charge is -2.12. The molecule has 0 fully saturated rings. The number of methoxy groups -OCH3 is 2. The number of carbonyl (C=O) groups is 1. The Morgan fingerprint density at radius 2 is 1.59 bits per heavy atom. The molecule has 0 saturated heterocycles. The summed E-state index contributed by atoms with van der Waals surface area (Å²) in [7, 11) is 3.06. The lowest BCUT2D eigenvalue weighted by Crippen LogP contribution is -1.99. The van der Waals surface area contributed by atoms with Crippen molar-refractivity contribution in [1.82, 2.24) is 0 Å². The molecule has 2 N–H and O–H groups in total. The van der Waals surface area contributed by atoms with E-state index in [1.165, 1.54) is 20.3 Å². The summed E-state index contributed by atoms with van der Waals surface area (Å²) in [5.41, 5.74) is 0.176. The number of ether oxygens (including phenoxy) is 2. The normalized spacial score (nSPS) is 10.8. The van der Waals surface area contributed by atoms with Crippen LogP contribution in [0.15, 0.2) is 36.4 Å². The number of aromatic carboxylic acids is 1. The predicted molar refractivity (Wildman–Crippen MR) is 83.2 cm³/mol. The highest BCUT2D eigenvalue weighted by atomic mass is 16.5. The van der Waals surface area contributed by atoms with Crippen LogP contribution >= 0.6 is 0 Å². The lowest BCUT2D eigenvalue weighted by molar-refractivity contribution is 0.0699. The van der Waals surface area contributed by atoms with E-state index >= 15 is 0 Å². The van der Waals surface area contributed by atoms with E-state index in [0.717, 1.165) is 5.39 Å². The van der Waals surface area contributed by atoms with Crippen LogP contribution in [0.5, 0.6) is 17.2 Å². The zero-order valence-corrected chi connectivity index (χ0v) is 12.1. The Hall–Kier alpha value is -2.95. The van der Waals surface area contributed by atoms with E-state index in [4.69, 9.17) is 9.47 Å². The maximum absolute atomic E-state index is 11.5. The van der Waals surface area contributed by atoms with Gasteiger partial charge >= 0.3 is 5.97 Å². The van der Waals surface area contributed by atoms with Gasteiger partial charge in [-0.3, -0.25) is 0 Å². The summed E-state index contributed by atoms with van der Waals surface area (Å²) >= 11 is 0. The van der Waals surface area contributed by atoms with Crippen molar-refractivity contribution in [2.75, 3.05) is 14.2 Å². The number of benzene rings is 3. The largest absolute Gasteiger partial charge is 0.508 e. The van der Waals surface area contributed by atoms with Gasteiger partial charge in [0.15, 0.2) is 11.5 Å². The first-order valence-electron chi connectivity index (χ1n) is 6.60. The molecule has 0 aromatic heterocycles. The Kier molecular flexibility index (Phi) is 3.25. The summed E-state index contributed by atoms with van der Waals surface area (Å²) in [4.78, 5) is 11.5. The van der Waals surface area contributed by atoms with E-state index < -0.39 is 5.97 Å². The van der Waals surface area contributed by atoms with Crippen LogP contribution in [0.1, 0.15) is 10.4 Å². The van der Waals surface area contributed by atoms with Gasteiger partial charge in [-0.1, -0.05) is 0 Å². The molecule has 0 bridgehead atoms. The second kappa shape index (κ2) is 5.11. The van der Waals surface area contributed by atoms with E-state index in [0.29, 0.717) is 27.7 Å². The second-order valence-corrected chi connectivity index (χ2v) is 4.89. The van der Waals surface area contributed by atoms with Crippen LogP contribution in [0.4, 0.5) is 0 Å². The first kappa shape index (κ1) is 14.0. The monoisotopic (exact) mass is 298 g/mol. The molecule has 0 heterocycles. The third kappa shape index (κ3) is 2.07. The smallest absolute Gasteiger partial charge is 0.336 e. The van der Waals surface area contributed by atoms with Gasteiger partial charge in [-0.05, 0) is 57.9 Å². The molecule has 0 aliphatic carbocycles. The van der Waals surface area contributed by atoms with Crippen molar-refractivity contribution in [2.24, 2.45) is 0 Å². The molecular weight excluding hydrogens is 284 g/mol. The van der Waals surface area contributed by atoms with E-state index in [1.54, 1.807) is 30.3 Å². The molecule has 0 radical (unpaired) electrons. The van der Waals surface area contributed by atoms with Crippen LogP contribution in [0.2, 0.25) is 0 Å². The molecule has 112 valence electrons. The first-order chi connectivity index (χ1) is 10.5. The summed E-state index contributed by atoms with van der Waals surface area (Å²) < 4.78 is 10.6. The summed E-state index contributed by atoms with van der Waals surface area (Å²) in [6, 6.07) is 9.73. The molecule has 22 heavy (non-hydrogen) atoms. The molecule has 0 amide bonds. The van der Waals surface area contributed by atoms with Gasteiger partial charge in [0.2, 0.25) is 0 Å². The van der Waals surface area contributed by atoms with Gasteiger partial charge in [0.05, 0.1) is 19.8 Å². The molecule has 3 rings (SSSR count). The van der Waals surface area contributed by atoms with Gasteiger partial charge in [0.25, 0.3) is 0 Å². The molecule has 0 saturated carbocycles. The maximum atomic E-state index is 11.5. The van der Waals surface area contributed by atoms with Crippen LogP contribution in [0.3, 0.4) is 0 Å². The Morgan fingerprint density at radius 1 is 0.909 bits per heavy atom. The fourth-order valence-corrected chi connectivity index (χ4v) is 2.65. The van der Waals surface area contributed by atoms with Crippen LogP contribution in [-0.2, 0) is 0 Å². The van der Waals surface area contributed by atoms with E-state index in [-0.39, 0.29) is 11.3 Å². The number of phenols is 1. The van der Waals surface area contributed by atoms with Crippen molar-refractivity contribution in [3.8, 4) is 17.2 Å². The third-order valence-corrected chi connectivity index (χ3v) is 3.67. The standard InChI is InChI=1S/C17H14O5/c1-21-15-6-9-5-14(17(19)20)11-4-3-10(18)7-13(11)12(9)8-16(15)22-2/h3-8,18H,1-2H3,(H,19,20). The van der Waals surface area contributed by atoms with Gasteiger partial charge in [0, 0.05) is 0 Å². The van der Waals surface area contributed by atoms with E-state index in [1.807, 2.05) is 0 Å². The molecule has 5 heteroatoms. The Labute approximate surface area is 126 Å². The van der Waals surface area contributed by atoms with Crippen molar-refractivity contribution >= 4 is 27.5 Å². The van der Waals surface area contributed by atoms with E-state index in [2.05, 4.69) is 0 Å². The number of hydrogen-bond acceptors (Lipinski definition) is 4. The fraction of sp³-hybridized carbons (Fsp3) is 0.118. The summed E-state index contributed by atoms with van der Waals surface area (Å²) in [5.74, 6) is 0.118. The molecular formula is C17H14O5. The van der Waals surface area contributed by atoms with Crippen LogP contribution < -0.4 is 9.47 Å². The number of carboxylic acids is 1. The molecule has 3 aromatic rings. The van der Waals surface area contributed by atoms with Gasteiger partial charge < -0.3 is 19.7 Å². The molecule has 3 aromatic carbocycles. The fourth-order valence-electron chi connectivity index (χ4n) is 2.65. The highest BCUT2D eigenvalue weighted by Gasteiger charge is 2.15. The minimum atomic E-state index is -1.02. The number of carboxylic acid groups (broad SMARTS) is 1. The molecule has 0 atom stereocenters. The van der Waals surface area contributed by atoms with Crippen molar-refractivity contribution in [2.45, 2.75) is 0 Å². The number of hydrogen-bond donors (Lipinski definition) is 2. The molecule has 0 unspecified atom stereocenters. The number of fused-ring (bicyclic) bond motifs is 3. The number of phenolic OH excluding ortho intramolecular Hbond substituents is 1. The Bertz CT molecular complexity index is 899. The third-order valence-electron chi connectivity index (χ3n) is 3.67.